The maximum atomic E-state index is 6.83. The van der Waals surface area contributed by atoms with E-state index in [9.17, 15) is 0 Å². The van der Waals surface area contributed by atoms with E-state index in [2.05, 4.69) is 132 Å². The highest BCUT2D eigenvalue weighted by Gasteiger charge is 2.24. The third-order valence-electron chi connectivity index (χ3n) is 10.1. The second-order valence-corrected chi connectivity index (χ2v) is 14.2. The van der Waals surface area contributed by atoms with Crippen LogP contribution in [0.25, 0.3) is 86.6 Å². The molecule has 0 atom stereocenters. The zero-order valence-electron chi connectivity index (χ0n) is 27.8. The largest absolute Gasteiger partial charge is 0.454 e. The van der Waals surface area contributed by atoms with Gasteiger partial charge in [-0.1, -0.05) is 109 Å². The number of hydrogen-bond donors (Lipinski definition) is 0. The van der Waals surface area contributed by atoms with Gasteiger partial charge in [0.15, 0.2) is 11.2 Å². The lowest BCUT2D eigenvalue weighted by molar-refractivity contribution is 0.619. The number of anilines is 3. The lowest BCUT2D eigenvalue weighted by Gasteiger charge is -2.26. The van der Waals surface area contributed by atoms with Gasteiger partial charge < -0.3 is 13.7 Å². The molecule has 0 bridgehead atoms. The molecule has 0 radical (unpaired) electrons. The molecule has 11 rings (SSSR count). The second kappa shape index (κ2) is 11.4. The summed E-state index contributed by atoms with van der Waals surface area (Å²) in [5.41, 5.74) is 9.51. The fourth-order valence-corrected chi connectivity index (χ4v) is 8.88. The van der Waals surface area contributed by atoms with Crippen molar-refractivity contribution in [1.82, 2.24) is 4.98 Å². The van der Waals surface area contributed by atoms with Crippen molar-refractivity contribution in [3.05, 3.63) is 170 Å². The van der Waals surface area contributed by atoms with Crippen LogP contribution in [0.3, 0.4) is 0 Å². The Morgan fingerprint density at radius 1 is 0.462 bits per heavy atom. The normalized spacial score (nSPS) is 11.8. The maximum Gasteiger partial charge on any atom is 0.227 e. The molecule has 0 fully saturated rings. The molecule has 0 aliphatic heterocycles. The molecular weight excluding hydrogens is 657 g/mol. The Kier molecular flexibility index (Phi) is 6.39. The summed E-state index contributed by atoms with van der Waals surface area (Å²) in [6, 6.07) is 59.7. The van der Waals surface area contributed by atoms with Crippen LogP contribution in [0.5, 0.6) is 0 Å². The number of furan rings is 1. The van der Waals surface area contributed by atoms with Crippen LogP contribution in [-0.2, 0) is 0 Å². The van der Waals surface area contributed by atoms with Gasteiger partial charge in [-0.2, -0.15) is 0 Å². The molecule has 0 unspecified atom stereocenters. The first-order chi connectivity index (χ1) is 25.8. The summed E-state index contributed by atoms with van der Waals surface area (Å²) in [6.45, 7) is 0. The van der Waals surface area contributed by atoms with Crippen LogP contribution < -0.4 is 4.90 Å². The summed E-state index contributed by atoms with van der Waals surface area (Å²) in [6.07, 6.45) is 0. The molecule has 0 spiro atoms. The highest BCUT2D eigenvalue weighted by atomic mass is 32.1. The molecule has 3 heterocycles. The summed E-state index contributed by atoms with van der Waals surface area (Å²) in [5, 5.41) is 6.88. The minimum atomic E-state index is 0.595. The Morgan fingerprint density at radius 2 is 1.15 bits per heavy atom. The summed E-state index contributed by atoms with van der Waals surface area (Å²) >= 11 is 1.82. The third kappa shape index (κ3) is 4.43. The van der Waals surface area contributed by atoms with E-state index in [4.69, 9.17) is 13.8 Å². The van der Waals surface area contributed by atoms with Gasteiger partial charge in [-0.3, -0.25) is 0 Å². The highest BCUT2D eigenvalue weighted by Crippen LogP contribution is 2.48. The van der Waals surface area contributed by atoms with Gasteiger partial charge >= 0.3 is 0 Å². The van der Waals surface area contributed by atoms with Crippen molar-refractivity contribution in [3.63, 3.8) is 0 Å². The van der Waals surface area contributed by atoms with E-state index >= 15 is 0 Å². The zero-order valence-corrected chi connectivity index (χ0v) is 28.6. The van der Waals surface area contributed by atoms with Crippen LogP contribution in [0.4, 0.5) is 17.1 Å². The standard InChI is InChI=1S/C47H28N2O2S/c1-2-12-31(13-3-1)47-48-45-40(51-47)28-27-39-44(45)36-18-9-20-38(46(36)50-39)49(37-19-10-22-42-43(37)35-16-6-7-21-41(35)52-42)32-25-23-30(24-26-32)34-17-8-14-29-11-4-5-15-33(29)34/h1-28H. The molecule has 0 aliphatic carbocycles. The van der Waals surface area contributed by atoms with Crippen molar-refractivity contribution in [2.45, 2.75) is 0 Å². The van der Waals surface area contributed by atoms with Crippen LogP contribution in [0.15, 0.2) is 179 Å². The average Bonchev–Trinajstić information content (AvgIpc) is 3.92. The SMILES string of the molecule is c1ccc(-c2nc3c(ccc4oc5c(N(c6ccc(-c7cccc8ccccc78)cc6)c6cccc7sc8ccccc8c67)cccc5c43)o2)cc1. The molecule has 5 heteroatoms. The van der Waals surface area contributed by atoms with E-state index in [0.29, 0.717) is 5.89 Å². The summed E-state index contributed by atoms with van der Waals surface area (Å²) in [4.78, 5) is 7.37. The van der Waals surface area contributed by atoms with E-state index in [-0.39, 0.29) is 0 Å². The van der Waals surface area contributed by atoms with Crippen molar-refractivity contribution >= 4 is 92.4 Å². The van der Waals surface area contributed by atoms with Gasteiger partial charge in [-0.25, -0.2) is 4.98 Å². The number of thiophene rings is 1. The number of fused-ring (bicyclic) bond motifs is 9. The second-order valence-electron chi connectivity index (χ2n) is 13.1. The topological polar surface area (TPSA) is 42.4 Å². The molecule has 0 aliphatic rings. The van der Waals surface area contributed by atoms with Gasteiger partial charge in [-0.15, -0.1) is 11.3 Å². The molecule has 0 amide bonds. The lowest BCUT2D eigenvalue weighted by Crippen LogP contribution is -2.10. The first kappa shape index (κ1) is 29.1. The average molecular weight is 685 g/mol. The number of nitrogens with zero attached hydrogens (tertiary/aromatic N) is 2. The number of oxazole rings is 1. The fourth-order valence-electron chi connectivity index (χ4n) is 7.76. The van der Waals surface area contributed by atoms with Crippen molar-refractivity contribution < 1.29 is 8.83 Å². The van der Waals surface area contributed by atoms with E-state index < -0.39 is 0 Å². The van der Waals surface area contributed by atoms with Gasteiger partial charge in [0, 0.05) is 36.8 Å². The number of aromatic nitrogens is 1. The molecule has 3 aromatic heterocycles. The summed E-state index contributed by atoms with van der Waals surface area (Å²) < 4.78 is 15.6. The van der Waals surface area contributed by atoms with Gasteiger partial charge in [0.25, 0.3) is 0 Å². The van der Waals surface area contributed by atoms with E-state index in [1.165, 1.54) is 42.1 Å². The van der Waals surface area contributed by atoms with Crippen molar-refractivity contribution in [2.24, 2.45) is 0 Å². The van der Waals surface area contributed by atoms with E-state index in [1.807, 2.05) is 53.8 Å². The molecule has 0 N–H and O–H groups in total. The monoisotopic (exact) mass is 684 g/mol. The number of hydrogen-bond acceptors (Lipinski definition) is 5. The Morgan fingerprint density at radius 3 is 2.06 bits per heavy atom. The molecule has 0 saturated carbocycles. The Labute approximate surface area is 302 Å². The Balaban J connectivity index is 1.15. The minimum absolute atomic E-state index is 0.595. The number of rotatable bonds is 5. The fraction of sp³-hybridized carbons (Fsp3) is 0. The maximum absolute atomic E-state index is 6.83. The molecule has 52 heavy (non-hydrogen) atoms. The van der Waals surface area contributed by atoms with Crippen molar-refractivity contribution in [3.8, 4) is 22.6 Å². The van der Waals surface area contributed by atoms with Crippen molar-refractivity contribution in [1.29, 1.82) is 0 Å². The first-order valence-corrected chi connectivity index (χ1v) is 18.2. The quantitative estimate of drug-likeness (QED) is 0.181. The van der Waals surface area contributed by atoms with Gasteiger partial charge in [0.1, 0.15) is 11.1 Å². The molecule has 244 valence electrons. The molecule has 0 saturated heterocycles. The van der Waals surface area contributed by atoms with Gasteiger partial charge in [-0.05, 0) is 82.6 Å². The summed E-state index contributed by atoms with van der Waals surface area (Å²) in [5.74, 6) is 0.595. The minimum Gasteiger partial charge on any atom is -0.454 e. The molecule has 4 nitrogen and oxygen atoms in total. The Bertz CT molecular complexity index is 3130. The lowest BCUT2D eigenvalue weighted by atomic mass is 9.98. The first-order valence-electron chi connectivity index (χ1n) is 17.4. The molecule has 8 aromatic carbocycles. The van der Waals surface area contributed by atoms with Crippen LogP contribution in [-0.4, -0.2) is 4.98 Å². The Hall–Kier alpha value is -6.69. The van der Waals surface area contributed by atoms with Crippen LogP contribution in [0.2, 0.25) is 0 Å². The smallest absolute Gasteiger partial charge is 0.227 e. The van der Waals surface area contributed by atoms with Crippen LogP contribution in [0.1, 0.15) is 0 Å². The predicted octanol–water partition coefficient (Wildman–Crippen LogP) is 14.1. The van der Waals surface area contributed by atoms with Gasteiger partial charge in [0.05, 0.1) is 16.8 Å². The highest BCUT2D eigenvalue weighted by molar-refractivity contribution is 7.26. The predicted molar refractivity (Wildman–Crippen MR) is 217 cm³/mol. The molecular formula is C47H28N2O2S. The molecule has 11 aromatic rings. The van der Waals surface area contributed by atoms with Gasteiger partial charge in [0.2, 0.25) is 5.89 Å². The summed E-state index contributed by atoms with van der Waals surface area (Å²) in [7, 11) is 0. The van der Waals surface area contributed by atoms with Crippen LogP contribution in [0, 0.1) is 0 Å². The van der Waals surface area contributed by atoms with E-state index in [1.54, 1.807) is 0 Å². The van der Waals surface area contributed by atoms with E-state index in [0.717, 1.165) is 55.7 Å². The van der Waals surface area contributed by atoms with Crippen LogP contribution >= 0.6 is 11.3 Å². The number of para-hydroxylation sites is 1. The number of benzene rings is 8. The third-order valence-corrected chi connectivity index (χ3v) is 11.2. The zero-order chi connectivity index (χ0) is 34.2. The van der Waals surface area contributed by atoms with Crippen molar-refractivity contribution in [2.75, 3.05) is 4.90 Å².